The first-order valence-corrected chi connectivity index (χ1v) is 11.6. The van der Waals surface area contributed by atoms with Gasteiger partial charge in [-0.05, 0) is 24.1 Å². The number of hydrogen-bond acceptors (Lipinski definition) is 3. The number of ether oxygens (including phenoxy) is 1. The van der Waals surface area contributed by atoms with Crippen molar-refractivity contribution < 1.29 is 9.53 Å². The molecule has 1 heterocycles. The maximum atomic E-state index is 12.1. The predicted octanol–water partition coefficient (Wildman–Crippen LogP) is 7.47. The molecule has 156 valence electrons. The smallest absolute Gasteiger partial charge is 0.312 e. The summed E-state index contributed by atoms with van der Waals surface area (Å²) in [6.07, 6.45) is 15.6. The Morgan fingerprint density at radius 3 is 2.11 bits per heavy atom. The van der Waals surface area contributed by atoms with Gasteiger partial charge in [-0.15, -0.1) is 0 Å². The number of esters is 1. The van der Waals surface area contributed by atoms with Gasteiger partial charge in [0.1, 0.15) is 0 Å². The topological polar surface area (TPSA) is 38.7 Å². The Balaban J connectivity index is 1.59. The number of hydrogen-bond donors (Lipinski definition) is 0. The summed E-state index contributed by atoms with van der Waals surface area (Å²) >= 11 is 5.95. The molecular formula is C24H36ClNO2. The zero-order valence-electron chi connectivity index (χ0n) is 17.4. The molecule has 0 bridgehead atoms. The van der Waals surface area contributed by atoms with E-state index in [1.165, 1.54) is 64.2 Å². The van der Waals surface area contributed by atoms with Crippen LogP contribution in [0.4, 0.5) is 0 Å². The summed E-state index contributed by atoms with van der Waals surface area (Å²) in [5.41, 5.74) is 1.10. The second-order valence-electron chi connectivity index (χ2n) is 7.95. The molecule has 1 aliphatic heterocycles. The van der Waals surface area contributed by atoms with Gasteiger partial charge in [0, 0.05) is 23.9 Å². The fourth-order valence-corrected chi connectivity index (χ4v) is 3.84. The van der Waals surface area contributed by atoms with Gasteiger partial charge in [-0.1, -0.05) is 94.9 Å². The summed E-state index contributed by atoms with van der Waals surface area (Å²) in [4.78, 5) is 16.7. The lowest BCUT2D eigenvalue weighted by molar-refractivity contribution is -0.135. The number of aliphatic imine (C=N–C) groups is 1. The number of carbonyl (C=O) groups excluding carboxylic acids is 1. The zero-order chi connectivity index (χ0) is 20.0. The summed E-state index contributed by atoms with van der Waals surface area (Å²) in [7, 11) is 0. The molecule has 0 saturated carbocycles. The van der Waals surface area contributed by atoms with E-state index in [1.807, 2.05) is 24.3 Å². The molecule has 0 fully saturated rings. The molecule has 1 aromatic carbocycles. The van der Waals surface area contributed by atoms with Crippen molar-refractivity contribution in [2.24, 2.45) is 4.99 Å². The molecule has 4 heteroatoms. The van der Waals surface area contributed by atoms with Crippen molar-refractivity contribution in [1.29, 1.82) is 0 Å². The third-order valence-corrected chi connectivity index (χ3v) is 5.72. The van der Waals surface area contributed by atoms with Crippen LogP contribution in [0.15, 0.2) is 29.3 Å². The number of benzene rings is 1. The molecule has 0 amide bonds. The lowest BCUT2D eigenvalue weighted by atomic mass is 9.96. The zero-order valence-corrected chi connectivity index (χ0v) is 18.2. The van der Waals surface area contributed by atoms with Crippen molar-refractivity contribution in [3.8, 4) is 0 Å². The van der Waals surface area contributed by atoms with E-state index in [0.717, 1.165) is 18.4 Å². The molecule has 3 nitrogen and oxygen atoms in total. The minimum absolute atomic E-state index is 0.0830. The highest BCUT2D eigenvalue weighted by Gasteiger charge is 2.22. The normalized spacial score (nSPS) is 17.1. The molecule has 0 N–H and O–H groups in total. The summed E-state index contributed by atoms with van der Waals surface area (Å²) in [6.45, 7) is 2.88. The van der Waals surface area contributed by atoms with E-state index < -0.39 is 0 Å². The van der Waals surface area contributed by atoms with Gasteiger partial charge in [0.05, 0.1) is 6.42 Å². The van der Waals surface area contributed by atoms with Crippen molar-refractivity contribution in [2.45, 2.75) is 96.3 Å². The Bertz CT molecular complexity index is 597. The summed E-state index contributed by atoms with van der Waals surface area (Å²) < 4.78 is 5.46. The maximum absolute atomic E-state index is 12.1. The maximum Gasteiger partial charge on any atom is 0.312 e. The highest BCUT2D eigenvalue weighted by molar-refractivity contribution is 6.30. The van der Waals surface area contributed by atoms with E-state index in [4.69, 9.17) is 16.3 Å². The Labute approximate surface area is 175 Å². The fraction of sp³-hybridized carbons (Fsp3) is 0.667. The largest absolute Gasteiger partial charge is 0.412 e. The van der Waals surface area contributed by atoms with Crippen molar-refractivity contribution in [3.63, 3.8) is 0 Å². The van der Waals surface area contributed by atoms with Crippen molar-refractivity contribution >= 4 is 23.5 Å². The van der Waals surface area contributed by atoms with Gasteiger partial charge in [0.15, 0.2) is 5.90 Å². The van der Waals surface area contributed by atoms with Gasteiger partial charge in [-0.3, -0.25) is 9.79 Å². The van der Waals surface area contributed by atoms with E-state index in [2.05, 4.69) is 11.9 Å². The van der Waals surface area contributed by atoms with Crippen LogP contribution in [0.2, 0.25) is 5.02 Å². The Kier molecular flexibility index (Phi) is 11.3. The minimum atomic E-state index is -0.167. The highest BCUT2D eigenvalue weighted by atomic mass is 35.5. The standard InChI is InChI=1S/C24H36ClNO2/c1-2-3-4-5-6-7-8-9-10-11-12-13-23-26-19-21(18-24(27)28-23)20-14-16-22(25)17-15-20/h14-17,21H,2-13,18-19H2,1H3. The fourth-order valence-electron chi connectivity index (χ4n) is 3.71. The van der Waals surface area contributed by atoms with Crippen molar-refractivity contribution in [1.82, 2.24) is 0 Å². The summed E-state index contributed by atoms with van der Waals surface area (Å²) in [5, 5.41) is 0.709. The lowest BCUT2D eigenvalue weighted by Gasteiger charge is -2.11. The Hall–Kier alpha value is -1.35. The van der Waals surface area contributed by atoms with E-state index >= 15 is 0 Å². The molecule has 1 atom stereocenters. The summed E-state index contributed by atoms with van der Waals surface area (Å²) in [6, 6.07) is 7.68. The third kappa shape index (κ3) is 9.23. The molecule has 0 radical (unpaired) electrons. The van der Waals surface area contributed by atoms with Gasteiger partial charge in [0.25, 0.3) is 0 Å². The number of nitrogens with zero attached hydrogens (tertiary/aromatic N) is 1. The predicted molar refractivity (Wildman–Crippen MR) is 118 cm³/mol. The molecule has 0 spiro atoms. The van der Waals surface area contributed by atoms with Crippen LogP contribution in [0.3, 0.4) is 0 Å². The van der Waals surface area contributed by atoms with Gasteiger partial charge >= 0.3 is 5.97 Å². The van der Waals surface area contributed by atoms with Crippen molar-refractivity contribution in [3.05, 3.63) is 34.9 Å². The van der Waals surface area contributed by atoms with Crippen LogP contribution in [0.1, 0.15) is 102 Å². The van der Waals surface area contributed by atoms with Crippen LogP contribution in [-0.4, -0.2) is 18.4 Å². The van der Waals surface area contributed by atoms with Gasteiger partial charge < -0.3 is 4.74 Å². The van der Waals surface area contributed by atoms with Crippen molar-refractivity contribution in [2.75, 3.05) is 6.54 Å². The first-order chi connectivity index (χ1) is 13.7. The number of unbranched alkanes of at least 4 members (excludes halogenated alkanes) is 10. The average molecular weight is 406 g/mol. The highest BCUT2D eigenvalue weighted by Crippen LogP contribution is 2.25. The number of halogens is 1. The first-order valence-electron chi connectivity index (χ1n) is 11.2. The SMILES string of the molecule is CCCCCCCCCCCCCC1=NCC(c2ccc(Cl)cc2)CC(=O)O1. The van der Waals surface area contributed by atoms with Gasteiger partial charge in [0.2, 0.25) is 0 Å². The van der Waals surface area contributed by atoms with Gasteiger partial charge in [-0.2, -0.15) is 0 Å². The molecule has 0 aromatic heterocycles. The lowest BCUT2D eigenvalue weighted by Crippen LogP contribution is -2.11. The number of cyclic esters (lactones) is 1. The quantitative estimate of drug-likeness (QED) is 0.252. The molecule has 1 unspecified atom stereocenters. The molecular weight excluding hydrogens is 370 g/mol. The van der Waals surface area contributed by atoms with Crippen LogP contribution in [0.25, 0.3) is 0 Å². The molecule has 1 aliphatic rings. The van der Waals surface area contributed by atoms with Gasteiger partial charge in [-0.25, -0.2) is 0 Å². The van der Waals surface area contributed by atoms with E-state index in [1.54, 1.807) is 0 Å². The van der Waals surface area contributed by atoms with Crippen LogP contribution in [0.5, 0.6) is 0 Å². The molecule has 0 saturated heterocycles. The molecule has 0 aliphatic carbocycles. The Morgan fingerprint density at radius 2 is 1.50 bits per heavy atom. The summed E-state index contributed by atoms with van der Waals surface area (Å²) in [5.74, 6) is 0.538. The second kappa shape index (κ2) is 13.8. The minimum Gasteiger partial charge on any atom is -0.412 e. The van der Waals surface area contributed by atoms with Crippen LogP contribution in [-0.2, 0) is 9.53 Å². The molecule has 1 aromatic rings. The van der Waals surface area contributed by atoms with E-state index in [0.29, 0.717) is 23.9 Å². The number of carbonyl (C=O) groups is 1. The number of rotatable bonds is 13. The van der Waals surface area contributed by atoms with E-state index in [-0.39, 0.29) is 11.9 Å². The average Bonchev–Trinajstić information content (AvgIpc) is 2.88. The monoisotopic (exact) mass is 405 g/mol. The van der Waals surface area contributed by atoms with Crippen LogP contribution >= 0.6 is 11.6 Å². The molecule has 28 heavy (non-hydrogen) atoms. The second-order valence-corrected chi connectivity index (χ2v) is 8.38. The van der Waals surface area contributed by atoms with E-state index in [9.17, 15) is 4.79 Å². The third-order valence-electron chi connectivity index (χ3n) is 5.47. The van der Waals surface area contributed by atoms with Crippen LogP contribution < -0.4 is 0 Å². The van der Waals surface area contributed by atoms with Crippen LogP contribution in [0, 0.1) is 0 Å². The first kappa shape index (κ1) is 22.9. The molecule has 2 rings (SSSR count). The Morgan fingerprint density at radius 1 is 0.929 bits per heavy atom.